The van der Waals surface area contributed by atoms with E-state index in [1.165, 1.54) is 11.5 Å². The molecule has 3 heteroatoms. The Hall–Kier alpha value is 0.270. The minimum Gasteiger partial charge on any atom is -0.389 e. The minimum atomic E-state index is -0.545. The van der Waals surface area contributed by atoms with Gasteiger partial charge in [-0.25, -0.2) is 0 Å². The van der Waals surface area contributed by atoms with Crippen LogP contribution in [0.3, 0.4) is 0 Å². The summed E-state index contributed by atoms with van der Waals surface area (Å²) in [6, 6.07) is 0.610. The van der Waals surface area contributed by atoms with Crippen molar-refractivity contribution in [3.8, 4) is 0 Å². The fourth-order valence-electron chi connectivity index (χ4n) is 1.59. The molecule has 0 aromatic rings. The van der Waals surface area contributed by atoms with Crippen molar-refractivity contribution < 1.29 is 5.11 Å². The number of hydrogen-bond acceptors (Lipinski definition) is 3. The summed E-state index contributed by atoms with van der Waals surface area (Å²) in [5.41, 5.74) is -0.545. The minimum absolute atomic E-state index is 0.323. The third-order valence-electron chi connectivity index (χ3n) is 3.27. The molecule has 2 atom stereocenters. The third kappa shape index (κ3) is 3.14. The molecular weight excluding hydrogens is 194 g/mol. The van der Waals surface area contributed by atoms with E-state index in [0.717, 1.165) is 13.1 Å². The van der Waals surface area contributed by atoms with E-state index in [2.05, 4.69) is 25.7 Å². The monoisotopic (exact) mass is 217 g/mol. The standard InChI is InChI=1S/C11H23NOS/c1-9(2)11(4,13)8-12-5-6-14-7-10(12)3/h9-10,13H,5-8H2,1-4H3. The van der Waals surface area contributed by atoms with Crippen LogP contribution in [0, 0.1) is 5.92 Å². The molecule has 1 aliphatic heterocycles. The molecule has 0 amide bonds. The van der Waals surface area contributed by atoms with Gasteiger partial charge in [0.2, 0.25) is 0 Å². The van der Waals surface area contributed by atoms with Gasteiger partial charge < -0.3 is 5.11 Å². The summed E-state index contributed by atoms with van der Waals surface area (Å²) in [6.45, 7) is 10.3. The molecule has 1 N–H and O–H groups in total. The van der Waals surface area contributed by atoms with E-state index < -0.39 is 5.60 Å². The van der Waals surface area contributed by atoms with Crippen molar-refractivity contribution in [2.24, 2.45) is 5.92 Å². The molecule has 0 aromatic heterocycles. The molecule has 14 heavy (non-hydrogen) atoms. The number of rotatable bonds is 3. The van der Waals surface area contributed by atoms with Gasteiger partial charge in [0, 0.05) is 30.6 Å². The highest BCUT2D eigenvalue weighted by molar-refractivity contribution is 7.99. The third-order valence-corrected chi connectivity index (χ3v) is 4.46. The lowest BCUT2D eigenvalue weighted by Gasteiger charge is -2.39. The van der Waals surface area contributed by atoms with Crippen molar-refractivity contribution in [3.05, 3.63) is 0 Å². The predicted molar refractivity (Wildman–Crippen MR) is 63.8 cm³/mol. The SMILES string of the molecule is CC1CSCCN1CC(C)(O)C(C)C. The van der Waals surface area contributed by atoms with Gasteiger partial charge in [-0.2, -0.15) is 11.8 Å². The van der Waals surface area contributed by atoms with Crippen LogP contribution in [0.2, 0.25) is 0 Å². The average molecular weight is 217 g/mol. The second kappa shape index (κ2) is 4.86. The largest absolute Gasteiger partial charge is 0.389 e. The summed E-state index contributed by atoms with van der Waals surface area (Å²) in [6.07, 6.45) is 0. The number of hydrogen-bond donors (Lipinski definition) is 1. The number of nitrogens with zero attached hydrogens (tertiary/aromatic N) is 1. The molecule has 1 aliphatic rings. The molecule has 1 heterocycles. The molecule has 1 rings (SSSR count). The van der Waals surface area contributed by atoms with Gasteiger partial charge in [-0.3, -0.25) is 4.90 Å². The smallest absolute Gasteiger partial charge is 0.0768 e. The van der Waals surface area contributed by atoms with Crippen LogP contribution >= 0.6 is 11.8 Å². The Kier molecular flexibility index (Phi) is 4.29. The lowest BCUT2D eigenvalue weighted by Crippen LogP contribution is -2.50. The van der Waals surface area contributed by atoms with E-state index in [-0.39, 0.29) is 0 Å². The van der Waals surface area contributed by atoms with Gasteiger partial charge >= 0.3 is 0 Å². The van der Waals surface area contributed by atoms with Crippen molar-refractivity contribution >= 4 is 11.8 Å². The zero-order valence-corrected chi connectivity index (χ0v) is 10.6. The Morgan fingerprint density at radius 2 is 2.21 bits per heavy atom. The first-order valence-electron chi connectivity index (χ1n) is 5.47. The van der Waals surface area contributed by atoms with Gasteiger partial charge in [0.15, 0.2) is 0 Å². The Labute approximate surface area is 92.1 Å². The number of aliphatic hydroxyl groups is 1. The fourth-order valence-corrected chi connectivity index (χ4v) is 2.67. The Morgan fingerprint density at radius 1 is 1.57 bits per heavy atom. The topological polar surface area (TPSA) is 23.5 Å². The molecule has 0 radical (unpaired) electrons. The molecule has 0 aromatic carbocycles. The van der Waals surface area contributed by atoms with Crippen LogP contribution < -0.4 is 0 Å². The Bertz CT molecular complexity index is 182. The maximum Gasteiger partial charge on any atom is 0.0768 e. The highest BCUT2D eigenvalue weighted by atomic mass is 32.2. The zero-order valence-electron chi connectivity index (χ0n) is 9.79. The predicted octanol–water partition coefficient (Wildman–Crippen LogP) is 1.83. The van der Waals surface area contributed by atoms with E-state index >= 15 is 0 Å². The molecule has 0 saturated carbocycles. The van der Waals surface area contributed by atoms with E-state index in [9.17, 15) is 5.11 Å². The fraction of sp³-hybridized carbons (Fsp3) is 1.00. The molecule has 2 nitrogen and oxygen atoms in total. The molecule has 84 valence electrons. The maximum absolute atomic E-state index is 10.2. The molecule has 1 fully saturated rings. The summed E-state index contributed by atoms with van der Waals surface area (Å²) >= 11 is 2.02. The summed E-state index contributed by atoms with van der Waals surface area (Å²) in [5, 5.41) is 10.2. The van der Waals surface area contributed by atoms with Crippen LogP contribution in [-0.2, 0) is 0 Å². The van der Waals surface area contributed by atoms with Crippen molar-refractivity contribution in [2.75, 3.05) is 24.6 Å². The first-order valence-corrected chi connectivity index (χ1v) is 6.63. The second-order valence-corrected chi connectivity index (χ2v) is 6.06. The summed E-state index contributed by atoms with van der Waals surface area (Å²) in [5.74, 6) is 2.73. The Morgan fingerprint density at radius 3 is 2.71 bits per heavy atom. The van der Waals surface area contributed by atoms with E-state index in [4.69, 9.17) is 0 Å². The van der Waals surface area contributed by atoms with Gasteiger partial charge in [-0.15, -0.1) is 0 Å². The number of β-amino-alcohol motifs (C(OH)–C–C–N with tert-alkyl or cyclic N) is 1. The van der Waals surface area contributed by atoms with Gasteiger partial charge in [0.1, 0.15) is 0 Å². The molecule has 2 unspecified atom stereocenters. The first kappa shape index (κ1) is 12.3. The van der Waals surface area contributed by atoms with Gasteiger partial charge in [-0.1, -0.05) is 13.8 Å². The van der Waals surface area contributed by atoms with E-state index in [1.54, 1.807) is 0 Å². The van der Waals surface area contributed by atoms with Crippen LogP contribution in [0.1, 0.15) is 27.7 Å². The lowest BCUT2D eigenvalue weighted by molar-refractivity contribution is -0.0246. The Balaban J connectivity index is 2.49. The van der Waals surface area contributed by atoms with Crippen LogP contribution in [0.5, 0.6) is 0 Å². The highest BCUT2D eigenvalue weighted by Crippen LogP contribution is 2.22. The normalized spacial score (nSPS) is 29.1. The van der Waals surface area contributed by atoms with Crippen molar-refractivity contribution in [1.82, 2.24) is 4.90 Å². The van der Waals surface area contributed by atoms with Gasteiger partial charge in [0.25, 0.3) is 0 Å². The van der Waals surface area contributed by atoms with Crippen LogP contribution in [0.4, 0.5) is 0 Å². The number of thioether (sulfide) groups is 1. The summed E-state index contributed by atoms with van der Waals surface area (Å²) < 4.78 is 0. The maximum atomic E-state index is 10.2. The van der Waals surface area contributed by atoms with Crippen molar-refractivity contribution in [2.45, 2.75) is 39.3 Å². The van der Waals surface area contributed by atoms with Crippen molar-refractivity contribution in [3.63, 3.8) is 0 Å². The molecule has 0 bridgehead atoms. The van der Waals surface area contributed by atoms with Crippen molar-refractivity contribution in [1.29, 1.82) is 0 Å². The molecular formula is C11H23NOS. The highest BCUT2D eigenvalue weighted by Gasteiger charge is 2.30. The average Bonchev–Trinajstić information content (AvgIpc) is 2.08. The van der Waals surface area contributed by atoms with Gasteiger partial charge in [0.05, 0.1) is 5.60 Å². The summed E-state index contributed by atoms with van der Waals surface area (Å²) in [7, 11) is 0. The molecule has 0 aliphatic carbocycles. The molecule has 1 saturated heterocycles. The first-order chi connectivity index (χ1) is 6.43. The lowest BCUT2D eigenvalue weighted by atomic mass is 9.91. The van der Waals surface area contributed by atoms with Crippen LogP contribution in [-0.4, -0.2) is 46.2 Å². The zero-order chi connectivity index (χ0) is 10.8. The van der Waals surface area contributed by atoms with Crippen LogP contribution in [0.15, 0.2) is 0 Å². The van der Waals surface area contributed by atoms with E-state index in [0.29, 0.717) is 12.0 Å². The van der Waals surface area contributed by atoms with Gasteiger partial charge in [-0.05, 0) is 19.8 Å². The summed E-state index contributed by atoms with van der Waals surface area (Å²) in [4.78, 5) is 2.41. The second-order valence-electron chi connectivity index (χ2n) is 4.91. The quantitative estimate of drug-likeness (QED) is 0.780. The van der Waals surface area contributed by atoms with E-state index in [1.807, 2.05) is 18.7 Å². The van der Waals surface area contributed by atoms with Crippen LogP contribution in [0.25, 0.3) is 0 Å². The molecule has 0 spiro atoms.